The van der Waals surface area contributed by atoms with E-state index in [1.54, 1.807) is 6.92 Å². The maximum absolute atomic E-state index is 13.2. The Morgan fingerprint density at radius 3 is 1.44 bits per heavy atom. The van der Waals surface area contributed by atoms with Crippen LogP contribution in [-0.2, 0) is 47.7 Å². The van der Waals surface area contributed by atoms with Crippen LogP contribution in [-0.4, -0.2) is 173 Å². The van der Waals surface area contributed by atoms with E-state index in [1.807, 2.05) is 30.3 Å². The second-order valence-electron chi connectivity index (χ2n) is 17.2. The molecule has 1 aromatic carbocycles. The van der Waals surface area contributed by atoms with Crippen LogP contribution in [0.3, 0.4) is 0 Å². The Morgan fingerprint density at radius 1 is 0.500 bits per heavy atom. The summed E-state index contributed by atoms with van der Waals surface area (Å²) < 4.78 is 21.5. The van der Waals surface area contributed by atoms with Crippen LogP contribution < -0.4 is 31.9 Å². The van der Waals surface area contributed by atoms with E-state index >= 15 is 0 Å². The molecular weight excluding hydrogens is 893 g/mol. The van der Waals surface area contributed by atoms with Crippen molar-refractivity contribution in [3.63, 3.8) is 0 Å². The van der Waals surface area contributed by atoms with Crippen molar-refractivity contribution in [1.82, 2.24) is 26.6 Å². The molecule has 0 radical (unpaired) electrons. The Kier molecular flexibility index (Phi) is 27.7. The van der Waals surface area contributed by atoms with Gasteiger partial charge in [0.05, 0.1) is 25.4 Å². The lowest BCUT2D eigenvalue weighted by molar-refractivity contribution is -0.292. The summed E-state index contributed by atoms with van der Waals surface area (Å²) in [7, 11) is 0. The van der Waals surface area contributed by atoms with E-state index in [0.717, 1.165) is 5.69 Å². The quantitative estimate of drug-likeness (QED) is 0.0390. The van der Waals surface area contributed by atoms with Gasteiger partial charge in [0.1, 0.15) is 42.7 Å². The normalized spacial score (nSPS) is 25.1. The van der Waals surface area contributed by atoms with Gasteiger partial charge in [-0.2, -0.15) is 0 Å². The number of hydrogen-bond acceptors (Lipinski definition) is 16. The molecule has 2 aliphatic rings. The fourth-order valence-corrected chi connectivity index (χ4v) is 7.34. The first-order valence-electron chi connectivity index (χ1n) is 23.9. The van der Waals surface area contributed by atoms with Gasteiger partial charge in [0, 0.05) is 64.0 Å². The summed E-state index contributed by atoms with van der Waals surface area (Å²) in [5.74, 6) is -1.49. The molecule has 22 nitrogen and oxygen atoms in total. The van der Waals surface area contributed by atoms with Crippen molar-refractivity contribution in [2.75, 3.05) is 44.7 Å². The number of carbonyl (C=O) groups is 6. The summed E-state index contributed by atoms with van der Waals surface area (Å²) in [5.41, 5.74) is 0.726. The van der Waals surface area contributed by atoms with E-state index < -0.39 is 67.5 Å². The van der Waals surface area contributed by atoms with Crippen molar-refractivity contribution in [1.29, 1.82) is 0 Å². The number of carbonyl (C=O) groups excluding carboxylic acids is 6. The molecular formula is C46H76N6O16. The van der Waals surface area contributed by atoms with Gasteiger partial charge in [-0.3, -0.25) is 28.8 Å². The van der Waals surface area contributed by atoms with E-state index in [9.17, 15) is 59.4 Å². The number of benzene rings is 1. The molecule has 0 aromatic heterocycles. The number of unbranched alkanes of at least 4 members (excludes halogenated alkanes) is 5. The first-order chi connectivity index (χ1) is 32.6. The smallest absolute Gasteiger partial charge is 0.242 e. The Labute approximate surface area is 398 Å². The minimum absolute atomic E-state index is 0.0107. The summed E-state index contributed by atoms with van der Waals surface area (Å²) >= 11 is 0. The first-order valence-corrected chi connectivity index (χ1v) is 23.9. The third-order valence-electron chi connectivity index (χ3n) is 11.5. The van der Waals surface area contributed by atoms with Crippen LogP contribution in [0.25, 0.3) is 0 Å². The molecule has 0 unspecified atom stereocenters. The number of hydrogen-bond donors (Lipinski definition) is 12. The van der Waals surface area contributed by atoms with Crippen LogP contribution in [0.4, 0.5) is 5.69 Å². The van der Waals surface area contributed by atoms with E-state index in [1.165, 1.54) is 6.92 Å². The largest absolute Gasteiger partial charge is 0.388 e. The van der Waals surface area contributed by atoms with Gasteiger partial charge in [-0.05, 0) is 83.8 Å². The van der Waals surface area contributed by atoms with Crippen LogP contribution in [0.5, 0.6) is 0 Å². The number of ether oxygens (including phenoxy) is 4. The Hall–Kier alpha value is -4.36. The highest BCUT2D eigenvalue weighted by molar-refractivity contribution is 5.90. The number of aliphatic hydroxyl groups excluding tert-OH is 6. The van der Waals surface area contributed by atoms with Gasteiger partial charge < -0.3 is 81.5 Å². The predicted octanol–water partition coefficient (Wildman–Crippen LogP) is -0.886. The zero-order chi connectivity index (χ0) is 49.8. The van der Waals surface area contributed by atoms with Gasteiger partial charge in [0.2, 0.25) is 35.4 Å². The summed E-state index contributed by atoms with van der Waals surface area (Å²) in [5, 5.41) is 76.2. The molecule has 0 aliphatic carbocycles. The van der Waals surface area contributed by atoms with E-state index in [-0.39, 0.29) is 87.4 Å². The van der Waals surface area contributed by atoms with E-state index in [4.69, 9.17) is 18.9 Å². The predicted molar refractivity (Wildman–Crippen MR) is 245 cm³/mol. The molecule has 12 N–H and O–H groups in total. The Balaban J connectivity index is 1.30. The van der Waals surface area contributed by atoms with Crippen molar-refractivity contribution in [3.8, 4) is 0 Å². The van der Waals surface area contributed by atoms with Crippen molar-refractivity contribution in [3.05, 3.63) is 30.3 Å². The van der Waals surface area contributed by atoms with Crippen molar-refractivity contribution < 1.29 is 78.4 Å². The second kappa shape index (κ2) is 32.5. The summed E-state index contributed by atoms with van der Waals surface area (Å²) in [6, 6.07) is 8.34. The van der Waals surface area contributed by atoms with Crippen LogP contribution in [0.2, 0.25) is 0 Å². The van der Waals surface area contributed by atoms with Crippen molar-refractivity contribution in [2.45, 2.75) is 178 Å². The van der Waals surface area contributed by atoms with E-state index in [0.29, 0.717) is 83.7 Å². The fourth-order valence-electron chi connectivity index (χ4n) is 7.34. The molecule has 2 saturated heterocycles. The number of rotatable bonds is 32. The molecule has 11 atom stereocenters. The monoisotopic (exact) mass is 969 g/mol. The third-order valence-corrected chi connectivity index (χ3v) is 11.5. The second-order valence-corrected chi connectivity index (χ2v) is 17.2. The highest BCUT2D eigenvalue weighted by Gasteiger charge is 2.43. The van der Waals surface area contributed by atoms with Crippen LogP contribution in [0.15, 0.2) is 30.3 Å². The van der Waals surface area contributed by atoms with Gasteiger partial charge in [0.15, 0.2) is 12.6 Å². The van der Waals surface area contributed by atoms with Gasteiger partial charge in [0.25, 0.3) is 0 Å². The standard InChI is InChI=1S/C46H76N6O16/c1-29-38(58)40(60)42(62)45(67-29)65-27-25-48-34(54)19-9-8-18-33(53)47-23-14-12-17-32(44(64)50-24-13-4-7-21-36(56)51-31-15-5-3-6-16-31)52-37(57)22-11-10-20-35(55)49-26-28-66-46-43(63)41(61)39(59)30(2)68-46/h3,5-6,15-16,29-30,32,38-43,45-46,58-63H,4,7-14,17-28H2,1-2H3,(H,47,53)(H,48,54)(H,49,55)(H,50,64)(H,51,56)(H,52,57)/t29-,30-,32-,38+,39+,40+,41+,42-,43-,45+,46+/m0/s1. The molecule has 0 spiro atoms. The number of para-hydroxylation sites is 1. The average Bonchev–Trinajstić information content (AvgIpc) is 3.31. The molecule has 386 valence electrons. The zero-order valence-electron chi connectivity index (χ0n) is 39.4. The molecule has 2 aliphatic heterocycles. The van der Waals surface area contributed by atoms with Gasteiger partial charge >= 0.3 is 0 Å². The average molecular weight is 969 g/mol. The maximum atomic E-state index is 13.2. The van der Waals surface area contributed by atoms with Crippen LogP contribution >= 0.6 is 0 Å². The summed E-state index contributed by atoms with van der Waals surface area (Å²) in [6.45, 7) is 4.02. The number of anilines is 1. The molecule has 68 heavy (non-hydrogen) atoms. The number of aliphatic hydroxyl groups is 6. The van der Waals surface area contributed by atoms with Crippen molar-refractivity contribution in [2.24, 2.45) is 0 Å². The lowest BCUT2D eigenvalue weighted by Gasteiger charge is -2.38. The topological polar surface area (TPSA) is 333 Å². The molecule has 6 amide bonds. The maximum Gasteiger partial charge on any atom is 0.242 e. The summed E-state index contributed by atoms with van der Waals surface area (Å²) in [4.78, 5) is 75.4. The Morgan fingerprint density at radius 2 is 0.926 bits per heavy atom. The summed E-state index contributed by atoms with van der Waals surface area (Å²) in [6.07, 6.45) is -5.95. The molecule has 22 heteroatoms. The van der Waals surface area contributed by atoms with Gasteiger partial charge in [-0.1, -0.05) is 24.6 Å². The van der Waals surface area contributed by atoms with Crippen molar-refractivity contribution >= 4 is 41.1 Å². The molecule has 2 fully saturated rings. The van der Waals surface area contributed by atoms with Gasteiger partial charge in [-0.25, -0.2) is 0 Å². The molecule has 3 rings (SSSR count). The number of nitrogens with one attached hydrogen (secondary N) is 6. The third kappa shape index (κ3) is 22.4. The highest BCUT2D eigenvalue weighted by Crippen LogP contribution is 2.23. The zero-order valence-corrected chi connectivity index (χ0v) is 39.4. The molecule has 2 heterocycles. The van der Waals surface area contributed by atoms with Gasteiger partial charge in [-0.15, -0.1) is 0 Å². The minimum atomic E-state index is -1.45. The first kappa shape index (κ1) is 58.0. The molecule has 0 bridgehead atoms. The Bertz CT molecular complexity index is 1660. The van der Waals surface area contributed by atoms with Crippen LogP contribution in [0.1, 0.15) is 110 Å². The highest BCUT2D eigenvalue weighted by atomic mass is 16.7. The SMILES string of the molecule is C[C@@H]1O[C@@H](OCCNC(=O)CCCCC(=O)NCCCC[C@H](NC(=O)CCCCC(=O)NCCO[C@@H]2O[C@@H](C)[C@@H](O)[C@@H](O)[C@@H]2O)C(=O)NCCCCCC(=O)Nc2ccccc2)[C@@H](O)[C@H](O)[C@@H]1O. The fraction of sp³-hybridized carbons (Fsp3) is 0.739. The molecule has 1 aromatic rings. The van der Waals surface area contributed by atoms with E-state index in [2.05, 4.69) is 31.9 Å². The van der Waals surface area contributed by atoms with Crippen LogP contribution in [0, 0.1) is 0 Å². The lowest BCUT2D eigenvalue weighted by atomic mass is 10.0. The minimum Gasteiger partial charge on any atom is -0.388 e. The number of amides is 6. The molecule has 0 saturated carbocycles. The lowest BCUT2D eigenvalue weighted by Crippen LogP contribution is -2.57.